The van der Waals surface area contributed by atoms with Gasteiger partial charge in [-0.05, 0) is 48.0 Å². The van der Waals surface area contributed by atoms with Crippen LogP contribution in [0.15, 0.2) is 78.6 Å². The standard InChI is InChI=1S/C20H16N4OS/c25-19(14-15-2-8-18(9-3-15)24-12-1-10-22-24)23-17-6-4-16(5-7-17)20-21-11-13-26-20/h1-13H,14H2,(H,23,25). The monoisotopic (exact) mass is 360 g/mol. The predicted octanol–water partition coefficient (Wildman–Crippen LogP) is 4.18. The second-order valence-electron chi connectivity index (χ2n) is 5.76. The fourth-order valence-electron chi connectivity index (χ4n) is 2.64. The summed E-state index contributed by atoms with van der Waals surface area (Å²) in [5, 5.41) is 10.0. The molecule has 0 atom stereocenters. The molecule has 0 aliphatic rings. The van der Waals surface area contributed by atoms with Crippen molar-refractivity contribution in [2.45, 2.75) is 6.42 Å². The largest absolute Gasteiger partial charge is 0.326 e. The molecule has 2 aromatic heterocycles. The van der Waals surface area contributed by atoms with Crippen LogP contribution in [0.3, 0.4) is 0 Å². The molecule has 0 unspecified atom stereocenters. The molecule has 5 nitrogen and oxygen atoms in total. The van der Waals surface area contributed by atoms with Crippen LogP contribution < -0.4 is 5.32 Å². The Kier molecular flexibility index (Phi) is 4.57. The highest BCUT2D eigenvalue weighted by Gasteiger charge is 2.06. The summed E-state index contributed by atoms with van der Waals surface area (Å²) in [4.78, 5) is 16.6. The number of aromatic nitrogens is 3. The van der Waals surface area contributed by atoms with E-state index < -0.39 is 0 Å². The van der Waals surface area contributed by atoms with E-state index in [0.29, 0.717) is 6.42 Å². The number of carbonyl (C=O) groups is 1. The molecule has 4 rings (SSSR count). The quantitative estimate of drug-likeness (QED) is 0.581. The van der Waals surface area contributed by atoms with E-state index >= 15 is 0 Å². The molecule has 2 aromatic carbocycles. The average molecular weight is 360 g/mol. The second-order valence-corrected chi connectivity index (χ2v) is 6.65. The lowest BCUT2D eigenvalue weighted by atomic mass is 10.1. The summed E-state index contributed by atoms with van der Waals surface area (Å²) in [7, 11) is 0. The van der Waals surface area contributed by atoms with Crippen molar-refractivity contribution in [3.05, 3.63) is 84.1 Å². The molecule has 0 fully saturated rings. The van der Waals surface area contributed by atoms with E-state index in [0.717, 1.165) is 27.5 Å². The van der Waals surface area contributed by atoms with Gasteiger partial charge < -0.3 is 5.32 Å². The molecule has 0 aliphatic carbocycles. The van der Waals surface area contributed by atoms with Gasteiger partial charge in [-0.2, -0.15) is 5.10 Å². The first kappa shape index (κ1) is 16.2. The van der Waals surface area contributed by atoms with E-state index in [1.54, 1.807) is 28.4 Å². The molecule has 6 heteroatoms. The van der Waals surface area contributed by atoms with Gasteiger partial charge in [0.1, 0.15) is 5.01 Å². The summed E-state index contributed by atoms with van der Waals surface area (Å²) in [6, 6.07) is 17.4. The van der Waals surface area contributed by atoms with Gasteiger partial charge in [-0.3, -0.25) is 4.79 Å². The van der Waals surface area contributed by atoms with Gasteiger partial charge >= 0.3 is 0 Å². The van der Waals surface area contributed by atoms with Crippen LogP contribution >= 0.6 is 11.3 Å². The van der Waals surface area contributed by atoms with E-state index in [-0.39, 0.29) is 5.91 Å². The van der Waals surface area contributed by atoms with Crippen molar-refractivity contribution in [1.29, 1.82) is 0 Å². The van der Waals surface area contributed by atoms with Crippen LogP contribution in [-0.2, 0) is 11.2 Å². The van der Waals surface area contributed by atoms with Crippen LogP contribution in [0.2, 0.25) is 0 Å². The van der Waals surface area contributed by atoms with Gasteiger partial charge in [0.15, 0.2) is 0 Å². The molecule has 128 valence electrons. The lowest BCUT2D eigenvalue weighted by molar-refractivity contribution is -0.115. The minimum absolute atomic E-state index is 0.0427. The van der Waals surface area contributed by atoms with Crippen molar-refractivity contribution in [3.63, 3.8) is 0 Å². The van der Waals surface area contributed by atoms with E-state index in [1.165, 1.54) is 0 Å². The summed E-state index contributed by atoms with van der Waals surface area (Å²) >= 11 is 1.59. The Labute approximate surface area is 155 Å². The third kappa shape index (κ3) is 3.70. The first-order chi connectivity index (χ1) is 12.8. The van der Waals surface area contributed by atoms with Gasteiger partial charge in [-0.25, -0.2) is 9.67 Å². The van der Waals surface area contributed by atoms with Crippen molar-refractivity contribution in [3.8, 4) is 16.3 Å². The third-order valence-electron chi connectivity index (χ3n) is 3.92. The van der Waals surface area contributed by atoms with Gasteiger partial charge in [-0.1, -0.05) is 12.1 Å². The molecular formula is C20H16N4OS. The topological polar surface area (TPSA) is 59.8 Å². The fraction of sp³-hybridized carbons (Fsp3) is 0.0500. The second kappa shape index (κ2) is 7.33. The summed E-state index contributed by atoms with van der Waals surface area (Å²) in [5.41, 5.74) is 3.76. The minimum atomic E-state index is -0.0427. The first-order valence-electron chi connectivity index (χ1n) is 8.17. The number of amides is 1. The Bertz CT molecular complexity index is 894. The van der Waals surface area contributed by atoms with Gasteiger partial charge in [-0.15, -0.1) is 11.3 Å². The van der Waals surface area contributed by atoms with E-state index in [1.807, 2.05) is 66.2 Å². The zero-order valence-corrected chi connectivity index (χ0v) is 14.7. The number of thiazole rings is 1. The first-order valence-corrected chi connectivity index (χ1v) is 9.05. The number of carbonyl (C=O) groups excluding carboxylic acids is 1. The van der Waals surface area contributed by atoms with Crippen LogP contribution in [0.1, 0.15) is 5.56 Å². The van der Waals surface area contributed by atoms with Crippen molar-refractivity contribution in [2.75, 3.05) is 5.32 Å². The van der Waals surface area contributed by atoms with E-state index in [4.69, 9.17) is 0 Å². The number of rotatable bonds is 5. The molecule has 2 heterocycles. The molecule has 1 amide bonds. The number of anilines is 1. The van der Waals surface area contributed by atoms with Gasteiger partial charge in [0.25, 0.3) is 0 Å². The van der Waals surface area contributed by atoms with E-state index in [9.17, 15) is 4.79 Å². The number of hydrogen-bond donors (Lipinski definition) is 1. The zero-order chi connectivity index (χ0) is 17.8. The third-order valence-corrected chi connectivity index (χ3v) is 4.74. The molecule has 1 N–H and O–H groups in total. The fourth-order valence-corrected chi connectivity index (χ4v) is 3.29. The maximum absolute atomic E-state index is 12.3. The number of nitrogens with one attached hydrogen (secondary N) is 1. The summed E-state index contributed by atoms with van der Waals surface area (Å²) in [6.07, 6.45) is 5.74. The summed E-state index contributed by atoms with van der Waals surface area (Å²) in [5.74, 6) is -0.0427. The molecule has 0 saturated carbocycles. The average Bonchev–Trinajstić information content (AvgIpc) is 3.37. The Hall–Kier alpha value is -3.25. The van der Waals surface area contributed by atoms with Crippen LogP contribution in [-0.4, -0.2) is 20.7 Å². The van der Waals surface area contributed by atoms with Crippen molar-refractivity contribution in [1.82, 2.24) is 14.8 Å². The molecule has 0 bridgehead atoms. The smallest absolute Gasteiger partial charge is 0.228 e. The Morgan fingerprint density at radius 2 is 1.85 bits per heavy atom. The molecule has 0 spiro atoms. The maximum Gasteiger partial charge on any atom is 0.228 e. The SMILES string of the molecule is O=C(Cc1ccc(-n2cccn2)cc1)Nc1ccc(-c2nccs2)cc1. The summed E-state index contributed by atoms with van der Waals surface area (Å²) in [6.45, 7) is 0. The van der Waals surface area contributed by atoms with Crippen molar-refractivity contribution < 1.29 is 4.79 Å². The normalized spacial score (nSPS) is 10.6. The zero-order valence-electron chi connectivity index (χ0n) is 13.9. The number of benzene rings is 2. The minimum Gasteiger partial charge on any atom is -0.326 e. The lowest BCUT2D eigenvalue weighted by Gasteiger charge is -2.07. The Balaban J connectivity index is 1.38. The molecule has 4 aromatic rings. The molecular weight excluding hydrogens is 344 g/mol. The van der Waals surface area contributed by atoms with Crippen molar-refractivity contribution >= 4 is 22.9 Å². The van der Waals surface area contributed by atoms with Crippen LogP contribution in [0.4, 0.5) is 5.69 Å². The maximum atomic E-state index is 12.3. The number of hydrogen-bond acceptors (Lipinski definition) is 4. The van der Waals surface area contributed by atoms with E-state index in [2.05, 4.69) is 15.4 Å². The van der Waals surface area contributed by atoms with Gasteiger partial charge in [0.2, 0.25) is 5.91 Å². The van der Waals surface area contributed by atoms with Crippen LogP contribution in [0, 0.1) is 0 Å². The van der Waals surface area contributed by atoms with Crippen LogP contribution in [0.25, 0.3) is 16.3 Å². The van der Waals surface area contributed by atoms with Crippen LogP contribution in [0.5, 0.6) is 0 Å². The van der Waals surface area contributed by atoms with Gasteiger partial charge in [0, 0.05) is 35.2 Å². The lowest BCUT2D eigenvalue weighted by Crippen LogP contribution is -2.14. The Morgan fingerprint density at radius 3 is 2.50 bits per heavy atom. The summed E-state index contributed by atoms with van der Waals surface area (Å²) < 4.78 is 1.79. The van der Waals surface area contributed by atoms with Crippen molar-refractivity contribution in [2.24, 2.45) is 0 Å². The molecule has 0 aliphatic heterocycles. The Morgan fingerprint density at radius 1 is 1.04 bits per heavy atom. The highest BCUT2D eigenvalue weighted by molar-refractivity contribution is 7.13. The predicted molar refractivity (Wildman–Crippen MR) is 103 cm³/mol. The highest BCUT2D eigenvalue weighted by Crippen LogP contribution is 2.23. The number of nitrogens with zero attached hydrogens (tertiary/aromatic N) is 3. The molecule has 26 heavy (non-hydrogen) atoms. The molecule has 0 saturated heterocycles. The highest BCUT2D eigenvalue weighted by atomic mass is 32.1. The molecule has 0 radical (unpaired) electrons. The van der Waals surface area contributed by atoms with Gasteiger partial charge in [0.05, 0.1) is 12.1 Å².